The summed E-state index contributed by atoms with van der Waals surface area (Å²) in [7, 11) is 3.29. The van der Waals surface area contributed by atoms with E-state index in [1.165, 1.54) is 0 Å². The fourth-order valence-electron chi connectivity index (χ4n) is 3.60. The second-order valence-corrected chi connectivity index (χ2v) is 10.1. The van der Waals surface area contributed by atoms with Gasteiger partial charge in [0, 0.05) is 47.1 Å². The average Bonchev–Trinajstić information content (AvgIpc) is 2.84. The number of carbonyl (C=O) groups is 2. The number of carbonyl (C=O) groups excluding carboxylic acids is 2. The Kier molecular flexibility index (Phi) is 8.78. The fraction of sp³-hybridized carbons (Fsp3) is 0.417. The molecule has 4 rings (SSSR count). The van der Waals surface area contributed by atoms with Crippen molar-refractivity contribution in [3.8, 4) is 0 Å². The predicted molar refractivity (Wildman–Crippen MR) is 128 cm³/mol. The quantitative estimate of drug-likeness (QED) is 0.406. The van der Waals surface area contributed by atoms with Crippen molar-refractivity contribution in [3.05, 3.63) is 59.7 Å². The molecule has 2 aliphatic rings. The zero-order valence-electron chi connectivity index (χ0n) is 18.0. The van der Waals surface area contributed by atoms with Crippen LogP contribution in [0.5, 0.6) is 0 Å². The lowest BCUT2D eigenvalue weighted by Gasteiger charge is -2.25. The van der Waals surface area contributed by atoms with Crippen LogP contribution in [-0.4, -0.2) is 87.1 Å². The van der Waals surface area contributed by atoms with Crippen molar-refractivity contribution in [2.24, 2.45) is 0 Å². The molecule has 170 valence electrons. The Labute approximate surface area is 197 Å². The van der Waals surface area contributed by atoms with Crippen molar-refractivity contribution in [2.75, 3.05) is 65.7 Å². The van der Waals surface area contributed by atoms with Crippen LogP contribution < -0.4 is 0 Å². The number of benzene rings is 2. The molecule has 0 atom stereocenters. The molecule has 6 nitrogen and oxygen atoms in total. The second-order valence-electron chi connectivity index (χ2n) is 7.84. The molecule has 32 heavy (non-hydrogen) atoms. The molecule has 2 fully saturated rings. The van der Waals surface area contributed by atoms with Crippen molar-refractivity contribution in [1.82, 2.24) is 9.80 Å². The van der Waals surface area contributed by atoms with Crippen LogP contribution in [0.3, 0.4) is 0 Å². The molecule has 2 aromatic rings. The summed E-state index contributed by atoms with van der Waals surface area (Å²) in [5, 5.41) is 0. The summed E-state index contributed by atoms with van der Waals surface area (Å²) in [5.74, 6) is 0.293. The number of ether oxygens (including phenoxy) is 2. The van der Waals surface area contributed by atoms with Crippen molar-refractivity contribution in [1.29, 1.82) is 0 Å². The summed E-state index contributed by atoms with van der Waals surface area (Å²) in [6.45, 7) is 6.93. The number of Topliss-reactive ketones (excluding diaryl/α,β-unsaturated/α-hetero) is 2. The van der Waals surface area contributed by atoms with Crippen LogP contribution in [0.1, 0.15) is 20.7 Å². The third-order valence-corrected chi connectivity index (χ3v) is 7.95. The molecule has 2 aromatic carbocycles. The molecule has 2 aliphatic heterocycles. The van der Waals surface area contributed by atoms with Gasteiger partial charge in [0.25, 0.3) is 0 Å². The topological polar surface area (TPSA) is 59.1 Å². The molecule has 0 amide bonds. The molecule has 0 bridgehead atoms. The van der Waals surface area contributed by atoms with Crippen LogP contribution in [0, 0.1) is 0 Å². The Morgan fingerprint density at radius 3 is 1.31 bits per heavy atom. The first kappa shape index (κ1) is 23.5. The Hall–Kier alpha value is -1.68. The van der Waals surface area contributed by atoms with Crippen LogP contribution in [-0.2, 0) is 9.47 Å². The minimum Gasteiger partial charge on any atom is -0.379 e. The van der Waals surface area contributed by atoms with Crippen molar-refractivity contribution < 1.29 is 19.1 Å². The van der Waals surface area contributed by atoms with Gasteiger partial charge >= 0.3 is 0 Å². The smallest absolute Gasteiger partial charge is 0.176 e. The number of nitrogens with zero attached hydrogens (tertiary/aromatic N) is 2. The first-order valence-corrected chi connectivity index (χ1v) is 13.0. The Morgan fingerprint density at radius 2 is 0.969 bits per heavy atom. The maximum atomic E-state index is 12.5. The zero-order valence-corrected chi connectivity index (χ0v) is 19.7. The minimum atomic E-state index is 0.147. The molecule has 0 N–H and O–H groups in total. The molecule has 0 spiro atoms. The van der Waals surface area contributed by atoms with E-state index in [0.29, 0.717) is 39.5 Å². The highest BCUT2D eigenvalue weighted by Crippen LogP contribution is 2.37. The van der Waals surface area contributed by atoms with E-state index >= 15 is 0 Å². The second kappa shape index (κ2) is 12.0. The standard InChI is InChI=1S/C24H28N2O4S2/c27-23(17-25-9-13-29-14-10-25)19-1-5-21(6-2-19)31-32-22-7-3-20(4-8-22)24(28)18-26-11-15-30-16-12-26/h1-8H,9-18H2. The first-order chi connectivity index (χ1) is 15.7. The Morgan fingerprint density at radius 1 is 0.625 bits per heavy atom. The number of morpholine rings is 2. The number of ketones is 2. The highest BCUT2D eigenvalue weighted by molar-refractivity contribution is 8.76. The highest BCUT2D eigenvalue weighted by atomic mass is 33.1. The van der Waals surface area contributed by atoms with Gasteiger partial charge < -0.3 is 9.47 Å². The maximum Gasteiger partial charge on any atom is 0.176 e. The molecular weight excluding hydrogens is 444 g/mol. The van der Waals surface area contributed by atoms with E-state index in [1.54, 1.807) is 21.6 Å². The molecule has 2 saturated heterocycles. The SMILES string of the molecule is O=C(CN1CCOCC1)c1ccc(SSc2ccc(C(=O)CN3CCOCC3)cc2)cc1. The van der Waals surface area contributed by atoms with Crippen molar-refractivity contribution >= 4 is 33.2 Å². The average molecular weight is 473 g/mol. The largest absolute Gasteiger partial charge is 0.379 e. The molecular formula is C24H28N2O4S2. The molecule has 0 aliphatic carbocycles. The number of hydrogen-bond acceptors (Lipinski definition) is 8. The summed E-state index contributed by atoms with van der Waals surface area (Å²) in [6.07, 6.45) is 0. The van der Waals surface area contributed by atoms with Gasteiger partial charge in [0.2, 0.25) is 0 Å². The van der Waals surface area contributed by atoms with Crippen LogP contribution in [0.25, 0.3) is 0 Å². The van der Waals surface area contributed by atoms with E-state index in [9.17, 15) is 9.59 Å². The van der Waals surface area contributed by atoms with Crippen molar-refractivity contribution in [2.45, 2.75) is 9.79 Å². The number of hydrogen-bond donors (Lipinski definition) is 0. The van der Waals surface area contributed by atoms with E-state index < -0.39 is 0 Å². The van der Waals surface area contributed by atoms with Gasteiger partial charge in [-0.3, -0.25) is 19.4 Å². The van der Waals surface area contributed by atoms with Gasteiger partial charge in [-0.15, -0.1) is 0 Å². The molecule has 0 unspecified atom stereocenters. The summed E-state index contributed by atoms with van der Waals surface area (Å²) >= 11 is 0. The summed E-state index contributed by atoms with van der Waals surface area (Å²) in [4.78, 5) is 31.4. The lowest BCUT2D eigenvalue weighted by atomic mass is 10.1. The summed E-state index contributed by atoms with van der Waals surface area (Å²) in [5.41, 5.74) is 1.49. The monoisotopic (exact) mass is 472 g/mol. The highest BCUT2D eigenvalue weighted by Gasteiger charge is 2.16. The predicted octanol–water partition coefficient (Wildman–Crippen LogP) is 3.52. The van der Waals surface area contributed by atoms with E-state index in [-0.39, 0.29) is 11.6 Å². The lowest BCUT2D eigenvalue weighted by molar-refractivity contribution is 0.0368. The third-order valence-electron chi connectivity index (χ3n) is 5.53. The molecule has 0 saturated carbocycles. The molecule has 0 radical (unpaired) electrons. The molecule has 2 heterocycles. The maximum absolute atomic E-state index is 12.5. The van der Waals surface area contributed by atoms with Gasteiger partial charge in [-0.2, -0.15) is 0 Å². The Balaban J connectivity index is 1.24. The van der Waals surface area contributed by atoms with Crippen LogP contribution in [0.4, 0.5) is 0 Å². The van der Waals surface area contributed by atoms with E-state index in [4.69, 9.17) is 9.47 Å². The van der Waals surface area contributed by atoms with Gasteiger partial charge in [0.1, 0.15) is 0 Å². The summed E-state index contributed by atoms with van der Waals surface area (Å²) in [6, 6.07) is 15.6. The van der Waals surface area contributed by atoms with Gasteiger partial charge in [0.15, 0.2) is 11.6 Å². The Bertz CT molecular complexity index is 818. The van der Waals surface area contributed by atoms with Crippen molar-refractivity contribution in [3.63, 3.8) is 0 Å². The van der Waals surface area contributed by atoms with Gasteiger partial charge in [-0.05, 0) is 24.3 Å². The van der Waals surface area contributed by atoms with E-state index in [0.717, 1.165) is 47.1 Å². The van der Waals surface area contributed by atoms with Crippen LogP contribution in [0.15, 0.2) is 58.3 Å². The van der Waals surface area contributed by atoms with Gasteiger partial charge in [-0.25, -0.2) is 0 Å². The molecule has 0 aromatic heterocycles. The molecule has 8 heteroatoms. The zero-order chi connectivity index (χ0) is 22.2. The van der Waals surface area contributed by atoms with E-state index in [1.807, 2.05) is 48.5 Å². The minimum absolute atomic E-state index is 0.147. The first-order valence-electron chi connectivity index (χ1n) is 10.9. The van der Waals surface area contributed by atoms with Gasteiger partial charge in [-0.1, -0.05) is 45.9 Å². The van der Waals surface area contributed by atoms with Crippen LogP contribution >= 0.6 is 21.6 Å². The number of rotatable bonds is 9. The summed E-state index contributed by atoms with van der Waals surface area (Å²) < 4.78 is 10.7. The van der Waals surface area contributed by atoms with E-state index in [2.05, 4.69) is 9.80 Å². The lowest BCUT2D eigenvalue weighted by Crippen LogP contribution is -2.39. The third kappa shape index (κ3) is 6.91. The van der Waals surface area contributed by atoms with Gasteiger partial charge in [0.05, 0.1) is 39.5 Å². The fourth-order valence-corrected chi connectivity index (χ4v) is 5.53. The van der Waals surface area contributed by atoms with Crippen LogP contribution in [0.2, 0.25) is 0 Å². The normalized spacial score (nSPS) is 17.9.